The van der Waals surface area contributed by atoms with Crippen molar-refractivity contribution < 1.29 is 14.3 Å². The third kappa shape index (κ3) is 5.04. The van der Waals surface area contributed by atoms with Crippen molar-refractivity contribution in [3.8, 4) is 0 Å². The van der Waals surface area contributed by atoms with E-state index in [1.807, 2.05) is 27.7 Å². The standard InChI is InChI=1S/C13H25NO3/c1-8(2)12(14)7-13(15)17-11-5-9(3)16-10(4)6-11/h8-12H,5-7,14H2,1-4H3. The Kier molecular flexibility index (Phi) is 5.40. The average molecular weight is 243 g/mol. The molecule has 0 amide bonds. The van der Waals surface area contributed by atoms with Crippen molar-refractivity contribution in [3.05, 3.63) is 0 Å². The van der Waals surface area contributed by atoms with E-state index in [9.17, 15) is 4.79 Å². The minimum atomic E-state index is -0.183. The molecule has 0 aromatic carbocycles. The topological polar surface area (TPSA) is 61.5 Å². The minimum absolute atomic E-state index is 0.0133. The van der Waals surface area contributed by atoms with Gasteiger partial charge < -0.3 is 15.2 Å². The lowest BCUT2D eigenvalue weighted by molar-refractivity contribution is -0.160. The van der Waals surface area contributed by atoms with Gasteiger partial charge in [0.15, 0.2) is 0 Å². The number of carbonyl (C=O) groups excluding carboxylic acids is 1. The molecule has 0 aromatic rings. The van der Waals surface area contributed by atoms with Crippen LogP contribution in [0.1, 0.15) is 47.0 Å². The Morgan fingerprint density at radius 2 is 1.88 bits per heavy atom. The lowest BCUT2D eigenvalue weighted by Crippen LogP contribution is -2.37. The van der Waals surface area contributed by atoms with Gasteiger partial charge in [0.2, 0.25) is 0 Å². The minimum Gasteiger partial charge on any atom is -0.462 e. The second-order valence-corrected chi connectivity index (χ2v) is 5.45. The first kappa shape index (κ1) is 14.5. The van der Waals surface area contributed by atoms with Crippen LogP contribution in [0.4, 0.5) is 0 Å². The Hall–Kier alpha value is -0.610. The van der Waals surface area contributed by atoms with E-state index >= 15 is 0 Å². The summed E-state index contributed by atoms with van der Waals surface area (Å²) in [6.45, 7) is 8.04. The molecule has 4 heteroatoms. The molecule has 1 aliphatic rings. The van der Waals surface area contributed by atoms with Crippen molar-refractivity contribution in [1.82, 2.24) is 0 Å². The van der Waals surface area contributed by atoms with Crippen LogP contribution in [-0.4, -0.2) is 30.3 Å². The SMILES string of the molecule is CC1CC(OC(=O)CC(N)C(C)C)CC(C)O1. The van der Waals surface area contributed by atoms with Gasteiger partial charge in [-0.25, -0.2) is 0 Å². The van der Waals surface area contributed by atoms with E-state index in [1.165, 1.54) is 0 Å². The molecule has 3 unspecified atom stereocenters. The largest absolute Gasteiger partial charge is 0.462 e. The van der Waals surface area contributed by atoms with Crippen LogP contribution in [0, 0.1) is 5.92 Å². The number of carbonyl (C=O) groups is 1. The summed E-state index contributed by atoms with van der Waals surface area (Å²) in [5.41, 5.74) is 5.85. The third-order valence-electron chi connectivity index (χ3n) is 3.21. The Labute approximate surface area is 104 Å². The van der Waals surface area contributed by atoms with Crippen LogP contribution in [0.2, 0.25) is 0 Å². The Balaban J connectivity index is 2.35. The lowest BCUT2D eigenvalue weighted by Gasteiger charge is -2.32. The first-order valence-corrected chi connectivity index (χ1v) is 6.49. The summed E-state index contributed by atoms with van der Waals surface area (Å²) in [5, 5.41) is 0. The predicted octanol–water partition coefficient (Wildman–Crippen LogP) is 1.86. The highest BCUT2D eigenvalue weighted by Gasteiger charge is 2.27. The van der Waals surface area contributed by atoms with E-state index in [0.717, 1.165) is 12.8 Å². The molecule has 1 saturated heterocycles. The van der Waals surface area contributed by atoms with E-state index in [-0.39, 0.29) is 30.3 Å². The second-order valence-electron chi connectivity index (χ2n) is 5.45. The summed E-state index contributed by atoms with van der Waals surface area (Å²) in [7, 11) is 0. The lowest BCUT2D eigenvalue weighted by atomic mass is 10.0. The summed E-state index contributed by atoms with van der Waals surface area (Å²) in [5.74, 6) is 0.118. The molecular formula is C13H25NO3. The fourth-order valence-electron chi connectivity index (χ4n) is 2.10. The van der Waals surface area contributed by atoms with Crippen molar-refractivity contribution in [1.29, 1.82) is 0 Å². The molecule has 0 aliphatic carbocycles. The van der Waals surface area contributed by atoms with Crippen molar-refractivity contribution in [2.75, 3.05) is 0 Å². The molecule has 0 spiro atoms. The van der Waals surface area contributed by atoms with Gasteiger partial charge in [-0.3, -0.25) is 4.79 Å². The fourth-order valence-corrected chi connectivity index (χ4v) is 2.10. The molecule has 3 atom stereocenters. The first-order chi connectivity index (χ1) is 7.88. The number of nitrogens with two attached hydrogens (primary N) is 1. The maximum absolute atomic E-state index is 11.7. The van der Waals surface area contributed by atoms with Crippen LogP contribution in [0.3, 0.4) is 0 Å². The van der Waals surface area contributed by atoms with Crippen LogP contribution < -0.4 is 5.73 Å². The van der Waals surface area contributed by atoms with Gasteiger partial charge in [-0.2, -0.15) is 0 Å². The van der Waals surface area contributed by atoms with Gasteiger partial charge >= 0.3 is 5.97 Å². The van der Waals surface area contributed by atoms with Crippen molar-refractivity contribution in [3.63, 3.8) is 0 Å². The van der Waals surface area contributed by atoms with Crippen molar-refractivity contribution in [2.45, 2.75) is 71.3 Å². The molecule has 17 heavy (non-hydrogen) atoms. The van der Waals surface area contributed by atoms with Crippen LogP contribution >= 0.6 is 0 Å². The molecular weight excluding hydrogens is 218 g/mol. The monoisotopic (exact) mass is 243 g/mol. The molecule has 1 fully saturated rings. The zero-order valence-corrected chi connectivity index (χ0v) is 11.3. The highest BCUT2D eigenvalue weighted by molar-refractivity contribution is 5.70. The summed E-state index contributed by atoms with van der Waals surface area (Å²) in [6.07, 6.45) is 2.18. The zero-order valence-electron chi connectivity index (χ0n) is 11.3. The van der Waals surface area contributed by atoms with Gasteiger partial charge in [0.1, 0.15) is 6.10 Å². The molecule has 4 nitrogen and oxygen atoms in total. The molecule has 1 aliphatic heterocycles. The number of ether oxygens (including phenoxy) is 2. The van der Waals surface area contributed by atoms with Gasteiger partial charge in [-0.05, 0) is 19.8 Å². The van der Waals surface area contributed by atoms with E-state index < -0.39 is 0 Å². The number of hydrogen-bond acceptors (Lipinski definition) is 4. The van der Waals surface area contributed by atoms with Gasteiger partial charge in [-0.15, -0.1) is 0 Å². The zero-order chi connectivity index (χ0) is 13.0. The highest BCUT2D eigenvalue weighted by atomic mass is 16.6. The van der Waals surface area contributed by atoms with Gasteiger partial charge in [0.05, 0.1) is 18.6 Å². The molecule has 0 aromatic heterocycles. The molecule has 0 bridgehead atoms. The first-order valence-electron chi connectivity index (χ1n) is 6.49. The molecule has 2 N–H and O–H groups in total. The molecule has 0 saturated carbocycles. The summed E-state index contributed by atoms with van der Waals surface area (Å²) in [4.78, 5) is 11.7. The Bertz CT molecular complexity index is 245. The number of hydrogen-bond donors (Lipinski definition) is 1. The third-order valence-corrected chi connectivity index (χ3v) is 3.21. The quantitative estimate of drug-likeness (QED) is 0.766. The average Bonchev–Trinajstić information content (AvgIpc) is 2.14. The van der Waals surface area contributed by atoms with Crippen LogP contribution in [0.25, 0.3) is 0 Å². The number of esters is 1. The van der Waals surface area contributed by atoms with Gasteiger partial charge in [0.25, 0.3) is 0 Å². The van der Waals surface area contributed by atoms with Crippen molar-refractivity contribution >= 4 is 5.97 Å². The smallest absolute Gasteiger partial charge is 0.307 e. The van der Waals surface area contributed by atoms with Gasteiger partial charge in [-0.1, -0.05) is 13.8 Å². The maximum Gasteiger partial charge on any atom is 0.307 e. The van der Waals surface area contributed by atoms with Crippen LogP contribution in [0.15, 0.2) is 0 Å². The molecule has 1 heterocycles. The Morgan fingerprint density at radius 1 is 1.35 bits per heavy atom. The van der Waals surface area contributed by atoms with E-state index in [4.69, 9.17) is 15.2 Å². The normalized spacial score (nSPS) is 31.3. The van der Waals surface area contributed by atoms with E-state index in [1.54, 1.807) is 0 Å². The van der Waals surface area contributed by atoms with Crippen LogP contribution in [0.5, 0.6) is 0 Å². The summed E-state index contributed by atoms with van der Waals surface area (Å²) in [6, 6.07) is -0.114. The maximum atomic E-state index is 11.7. The highest BCUT2D eigenvalue weighted by Crippen LogP contribution is 2.22. The second kappa shape index (κ2) is 6.36. The summed E-state index contributed by atoms with van der Waals surface area (Å²) >= 11 is 0. The molecule has 0 radical (unpaired) electrons. The van der Waals surface area contributed by atoms with E-state index in [2.05, 4.69) is 0 Å². The summed E-state index contributed by atoms with van der Waals surface area (Å²) < 4.78 is 11.1. The van der Waals surface area contributed by atoms with E-state index in [0.29, 0.717) is 12.3 Å². The fraction of sp³-hybridized carbons (Fsp3) is 0.923. The Morgan fingerprint density at radius 3 is 2.35 bits per heavy atom. The van der Waals surface area contributed by atoms with Crippen LogP contribution in [-0.2, 0) is 14.3 Å². The van der Waals surface area contributed by atoms with Crippen molar-refractivity contribution in [2.24, 2.45) is 11.7 Å². The molecule has 1 rings (SSSR count). The predicted molar refractivity (Wildman–Crippen MR) is 66.6 cm³/mol. The molecule has 100 valence electrons. The number of rotatable bonds is 4. The van der Waals surface area contributed by atoms with Gasteiger partial charge in [0, 0.05) is 18.9 Å².